The minimum Gasteiger partial charge on any atom is -0.439 e. The van der Waals surface area contributed by atoms with Crippen molar-refractivity contribution in [2.45, 2.75) is 13.0 Å². The Bertz CT molecular complexity index is 379. The second-order valence-electron chi connectivity index (χ2n) is 3.54. The van der Waals surface area contributed by atoms with Gasteiger partial charge in [-0.15, -0.1) is 0 Å². The number of nitrogens with two attached hydrogens (primary N) is 1. The van der Waals surface area contributed by atoms with Crippen molar-refractivity contribution in [1.29, 1.82) is 0 Å². The van der Waals surface area contributed by atoms with Gasteiger partial charge in [0.2, 0.25) is 0 Å². The molecule has 1 atom stereocenters. The summed E-state index contributed by atoms with van der Waals surface area (Å²) in [6, 6.07) is 7.48. The van der Waals surface area contributed by atoms with Crippen LogP contribution in [0.5, 0.6) is 0 Å². The van der Waals surface area contributed by atoms with Crippen LogP contribution < -0.4 is 5.73 Å². The molecule has 15 heavy (non-hydrogen) atoms. The number of rotatable bonds is 2. The van der Waals surface area contributed by atoms with Gasteiger partial charge < -0.3 is 15.4 Å². The van der Waals surface area contributed by atoms with Crippen molar-refractivity contribution in [1.82, 2.24) is 4.90 Å². The van der Waals surface area contributed by atoms with Gasteiger partial charge in [0.1, 0.15) is 6.10 Å². The zero-order chi connectivity index (χ0) is 10.8. The van der Waals surface area contributed by atoms with Crippen molar-refractivity contribution in [3.63, 3.8) is 0 Å². The number of hydrogen-bond acceptors (Lipinski definition) is 3. The molecule has 0 aromatic heterocycles. The first-order valence-electron chi connectivity index (χ1n) is 5.02. The Labute approximate surface area is 88.6 Å². The standard InChI is InChI=1S/C11H14N2O2/c1-2-13-7-10(15-11(13)14)8-5-3-4-6-9(8)12/h3-6,10H,2,7,12H2,1H3. The van der Waals surface area contributed by atoms with Crippen LogP contribution >= 0.6 is 0 Å². The Morgan fingerprint density at radius 3 is 2.87 bits per heavy atom. The third-order valence-corrected chi connectivity index (χ3v) is 2.61. The van der Waals surface area contributed by atoms with E-state index in [2.05, 4.69) is 0 Å². The Hall–Kier alpha value is -1.71. The van der Waals surface area contributed by atoms with Gasteiger partial charge in [-0.3, -0.25) is 0 Å². The van der Waals surface area contributed by atoms with E-state index in [0.29, 0.717) is 18.8 Å². The number of ether oxygens (including phenoxy) is 1. The highest BCUT2D eigenvalue weighted by atomic mass is 16.6. The first kappa shape index (κ1) is 9.83. The summed E-state index contributed by atoms with van der Waals surface area (Å²) in [6.07, 6.45) is -0.482. The lowest BCUT2D eigenvalue weighted by Crippen LogP contribution is -2.23. The summed E-state index contributed by atoms with van der Waals surface area (Å²) in [5, 5.41) is 0. The molecule has 4 heteroatoms. The summed E-state index contributed by atoms with van der Waals surface area (Å²) < 4.78 is 5.24. The van der Waals surface area contributed by atoms with E-state index in [9.17, 15) is 4.79 Å². The average molecular weight is 206 g/mol. The number of amides is 1. The van der Waals surface area contributed by atoms with Crippen molar-refractivity contribution in [3.05, 3.63) is 29.8 Å². The SMILES string of the molecule is CCN1CC(c2ccccc2N)OC1=O. The molecule has 0 saturated carbocycles. The van der Waals surface area contributed by atoms with E-state index in [4.69, 9.17) is 10.5 Å². The average Bonchev–Trinajstić information content (AvgIpc) is 2.60. The molecule has 0 spiro atoms. The van der Waals surface area contributed by atoms with Crippen molar-refractivity contribution in [2.75, 3.05) is 18.8 Å². The van der Waals surface area contributed by atoms with Crippen LogP contribution in [0.25, 0.3) is 0 Å². The molecule has 0 radical (unpaired) electrons. The van der Waals surface area contributed by atoms with Crippen LogP contribution in [0.3, 0.4) is 0 Å². The number of nitrogen functional groups attached to an aromatic ring is 1. The van der Waals surface area contributed by atoms with Crippen LogP contribution in [0.15, 0.2) is 24.3 Å². The summed E-state index contributed by atoms with van der Waals surface area (Å²) in [6.45, 7) is 3.18. The molecule has 0 bridgehead atoms. The topological polar surface area (TPSA) is 55.6 Å². The van der Waals surface area contributed by atoms with Gasteiger partial charge in [-0.25, -0.2) is 4.79 Å². The number of carbonyl (C=O) groups excluding carboxylic acids is 1. The van der Waals surface area contributed by atoms with E-state index in [1.807, 2.05) is 31.2 Å². The van der Waals surface area contributed by atoms with E-state index in [-0.39, 0.29) is 12.2 Å². The Morgan fingerprint density at radius 1 is 1.53 bits per heavy atom. The second-order valence-corrected chi connectivity index (χ2v) is 3.54. The smallest absolute Gasteiger partial charge is 0.410 e. The van der Waals surface area contributed by atoms with Crippen molar-refractivity contribution < 1.29 is 9.53 Å². The van der Waals surface area contributed by atoms with E-state index < -0.39 is 0 Å². The van der Waals surface area contributed by atoms with Gasteiger partial charge in [-0.05, 0) is 13.0 Å². The van der Waals surface area contributed by atoms with E-state index in [1.165, 1.54) is 0 Å². The predicted octanol–water partition coefficient (Wildman–Crippen LogP) is 1.78. The molecule has 0 aliphatic carbocycles. The number of likely N-dealkylation sites (N-methyl/N-ethyl adjacent to an activating group) is 1. The summed E-state index contributed by atoms with van der Waals surface area (Å²) in [5.74, 6) is 0. The maximum Gasteiger partial charge on any atom is 0.410 e. The summed E-state index contributed by atoms with van der Waals surface area (Å²) in [5.41, 5.74) is 7.39. The molecule has 1 saturated heterocycles. The fourth-order valence-corrected chi connectivity index (χ4v) is 1.73. The third-order valence-electron chi connectivity index (χ3n) is 2.61. The Kier molecular flexibility index (Phi) is 2.49. The number of nitrogens with zero attached hydrogens (tertiary/aromatic N) is 1. The third kappa shape index (κ3) is 1.75. The van der Waals surface area contributed by atoms with Gasteiger partial charge in [0.15, 0.2) is 0 Å². The molecule has 2 rings (SSSR count). The zero-order valence-corrected chi connectivity index (χ0v) is 8.64. The molecule has 1 aromatic carbocycles. The lowest BCUT2D eigenvalue weighted by atomic mass is 10.1. The lowest BCUT2D eigenvalue weighted by Gasteiger charge is -2.11. The van der Waals surface area contributed by atoms with Crippen molar-refractivity contribution >= 4 is 11.8 Å². The number of carbonyl (C=O) groups is 1. The summed E-state index contributed by atoms with van der Waals surface area (Å²) in [7, 11) is 0. The van der Waals surface area contributed by atoms with Crippen LogP contribution in [-0.4, -0.2) is 24.1 Å². The number of anilines is 1. The quantitative estimate of drug-likeness (QED) is 0.750. The molecule has 1 amide bonds. The molecule has 1 unspecified atom stereocenters. The highest BCUT2D eigenvalue weighted by molar-refractivity contribution is 5.70. The maximum atomic E-state index is 11.4. The maximum absolute atomic E-state index is 11.4. The number of para-hydroxylation sites is 1. The molecule has 1 aromatic rings. The van der Waals surface area contributed by atoms with Crippen LogP contribution in [-0.2, 0) is 4.74 Å². The predicted molar refractivity (Wildman–Crippen MR) is 57.3 cm³/mol. The molecule has 1 aliphatic heterocycles. The summed E-state index contributed by atoms with van der Waals surface area (Å²) >= 11 is 0. The normalized spacial score (nSPS) is 20.5. The van der Waals surface area contributed by atoms with Gasteiger partial charge >= 0.3 is 6.09 Å². The highest BCUT2D eigenvalue weighted by Crippen LogP contribution is 2.29. The molecule has 1 fully saturated rings. The Balaban J connectivity index is 2.21. The van der Waals surface area contributed by atoms with Crippen LogP contribution in [0.4, 0.5) is 10.5 Å². The first-order chi connectivity index (χ1) is 7.22. The fourth-order valence-electron chi connectivity index (χ4n) is 1.73. The molecular formula is C11H14N2O2. The van der Waals surface area contributed by atoms with Crippen LogP contribution in [0.2, 0.25) is 0 Å². The fraction of sp³-hybridized carbons (Fsp3) is 0.364. The van der Waals surface area contributed by atoms with E-state index in [0.717, 1.165) is 5.56 Å². The van der Waals surface area contributed by atoms with Gasteiger partial charge in [0.05, 0.1) is 6.54 Å². The highest BCUT2D eigenvalue weighted by Gasteiger charge is 2.31. The molecule has 1 heterocycles. The van der Waals surface area contributed by atoms with Crippen molar-refractivity contribution in [2.24, 2.45) is 0 Å². The molecular weight excluding hydrogens is 192 g/mol. The molecule has 80 valence electrons. The Morgan fingerprint density at radius 2 is 2.27 bits per heavy atom. The minimum absolute atomic E-state index is 0.223. The summed E-state index contributed by atoms with van der Waals surface area (Å²) in [4.78, 5) is 13.0. The van der Waals surface area contributed by atoms with Crippen molar-refractivity contribution in [3.8, 4) is 0 Å². The van der Waals surface area contributed by atoms with Gasteiger partial charge in [0.25, 0.3) is 0 Å². The lowest BCUT2D eigenvalue weighted by molar-refractivity contribution is 0.133. The van der Waals surface area contributed by atoms with Gasteiger partial charge in [0, 0.05) is 17.8 Å². The van der Waals surface area contributed by atoms with E-state index >= 15 is 0 Å². The van der Waals surface area contributed by atoms with Crippen LogP contribution in [0, 0.1) is 0 Å². The zero-order valence-electron chi connectivity index (χ0n) is 8.64. The number of cyclic esters (lactones) is 1. The first-order valence-corrected chi connectivity index (χ1v) is 5.02. The monoisotopic (exact) mass is 206 g/mol. The molecule has 2 N–H and O–H groups in total. The van der Waals surface area contributed by atoms with Crippen LogP contribution in [0.1, 0.15) is 18.6 Å². The van der Waals surface area contributed by atoms with Gasteiger partial charge in [-0.2, -0.15) is 0 Å². The largest absolute Gasteiger partial charge is 0.439 e. The molecule has 1 aliphatic rings. The second kappa shape index (κ2) is 3.81. The van der Waals surface area contributed by atoms with E-state index in [1.54, 1.807) is 4.90 Å². The number of hydrogen-bond donors (Lipinski definition) is 1. The number of benzene rings is 1. The minimum atomic E-state index is -0.259. The van der Waals surface area contributed by atoms with Gasteiger partial charge in [-0.1, -0.05) is 18.2 Å². The molecule has 4 nitrogen and oxygen atoms in total.